The fourth-order valence-corrected chi connectivity index (χ4v) is 2.62. The highest BCUT2D eigenvalue weighted by Gasteiger charge is 2.10. The number of carbonyl (C=O) groups is 1. The average molecular weight is 274 g/mol. The summed E-state index contributed by atoms with van der Waals surface area (Å²) in [6.45, 7) is 2.03. The SMILES string of the molecule is Cc1ccc(C(=O)C/C=C/C2=CCc3ccccc32)cc1. The van der Waals surface area contributed by atoms with Crippen molar-refractivity contribution in [2.75, 3.05) is 0 Å². The number of hydrogen-bond donors (Lipinski definition) is 0. The molecule has 1 nitrogen and oxygen atoms in total. The molecule has 2 aromatic rings. The van der Waals surface area contributed by atoms with Crippen LogP contribution in [0.3, 0.4) is 0 Å². The summed E-state index contributed by atoms with van der Waals surface area (Å²) < 4.78 is 0. The van der Waals surface area contributed by atoms with Crippen LogP contribution < -0.4 is 0 Å². The minimum atomic E-state index is 0.165. The number of ketones is 1. The fourth-order valence-electron chi connectivity index (χ4n) is 2.62. The van der Waals surface area contributed by atoms with Gasteiger partial charge in [0.2, 0.25) is 0 Å². The van der Waals surface area contributed by atoms with Gasteiger partial charge in [0.15, 0.2) is 5.78 Å². The maximum absolute atomic E-state index is 12.1. The van der Waals surface area contributed by atoms with E-state index in [0.29, 0.717) is 6.42 Å². The van der Waals surface area contributed by atoms with Gasteiger partial charge in [-0.25, -0.2) is 0 Å². The smallest absolute Gasteiger partial charge is 0.166 e. The van der Waals surface area contributed by atoms with E-state index in [-0.39, 0.29) is 5.78 Å². The maximum Gasteiger partial charge on any atom is 0.166 e. The quantitative estimate of drug-likeness (QED) is 0.734. The Balaban J connectivity index is 1.66. The molecular weight excluding hydrogens is 256 g/mol. The molecule has 0 saturated carbocycles. The first-order chi connectivity index (χ1) is 10.2. The molecule has 0 fully saturated rings. The van der Waals surface area contributed by atoms with Crippen LogP contribution in [0, 0.1) is 6.92 Å². The Kier molecular flexibility index (Phi) is 3.83. The van der Waals surface area contributed by atoms with E-state index in [9.17, 15) is 4.79 Å². The highest BCUT2D eigenvalue weighted by molar-refractivity contribution is 5.97. The van der Waals surface area contributed by atoms with E-state index < -0.39 is 0 Å². The average Bonchev–Trinajstić information content (AvgIpc) is 2.91. The third-order valence-corrected chi connectivity index (χ3v) is 3.84. The van der Waals surface area contributed by atoms with Crippen molar-refractivity contribution in [2.45, 2.75) is 19.8 Å². The molecule has 21 heavy (non-hydrogen) atoms. The van der Waals surface area contributed by atoms with Gasteiger partial charge in [0.1, 0.15) is 0 Å². The minimum Gasteiger partial charge on any atom is -0.294 e. The van der Waals surface area contributed by atoms with Gasteiger partial charge >= 0.3 is 0 Å². The Morgan fingerprint density at radius 2 is 1.86 bits per heavy atom. The number of benzene rings is 2. The minimum absolute atomic E-state index is 0.165. The van der Waals surface area contributed by atoms with Crippen LogP contribution >= 0.6 is 0 Å². The molecule has 0 spiro atoms. The lowest BCUT2D eigenvalue weighted by atomic mass is 10.0. The van der Waals surface area contributed by atoms with Gasteiger partial charge in [0.05, 0.1) is 0 Å². The summed E-state index contributed by atoms with van der Waals surface area (Å²) >= 11 is 0. The Morgan fingerprint density at radius 1 is 1.10 bits per heavy atom. The molecule has 0 amide bonds. The van der Waals surface area contributed by atoms with Gasteiger partial charge < -0.3 is 0 Å². The highest BCUT2D eigenvalue weighted by atomic mass is 16.1. The van der Waals surface area contributed by atoms with Crippen molar-refractivity contribution < 1.29 is 4.79 Å². The largest absolute Gasteiger partial charge is 0.294 e. The molecule has 0 bridgehead atoms. The summed E-state index contributed by atoms with van der Waals surface area (Å²) in [5, 5.41) is 0. The van der Waals surface area contributed by atoms with Gasteiger partial charge in [-0.3, -0.25) is 4.79 Å². The normalized spacial score (nSPS) is 13.3. The molecular formula is C20H18O. The number of carbonyl (C=O) groups excluding carboxylic acids is 1. The predicted octanol–water partition coefficient (Wildman–Crippen LogP) is 4.76. The molecule has 3 rings (SSSR count). The molecule has 1 aliphatic carbocycles. The molecule has 0 N–H and O–H groups in total. The standard InChI is InChI=1S/C20H18O/c1-15-9-11-18(12-10-15)20(21)8-4-6-17-14-13-16-5-2-3-7-19(16)17/h2-7,9-12,14H,8,13H2,1H3/b6-4+. The van der Waals surface area contributed by atoms with Gasteiger partial charge in [-0.15, -0.1) is 0 Å². The highest BCUT2D eigenvalue weighted by Crippen LogP contribution is 2.28. The summed E-state index contributed by atoms with van der Waals surface area (Å²) in [6.07, 6.45) is 7.69. The number of hydrogen-bond acceptors (Lipinski definition) is 1. The van der Waals surface area contributed by atoms with Crippen molar-refractivity contribution >= 4 is 11.4 Å². The van der Waals surface area contributed by atoms with Crippen molar-refractivity contribution in [1.29, 1.82) is 0 Å². The van der Waals surface area contributed by atoms with Crippen LogP contribution in [-0.4, -0.2) is 5.78 Å². The van der Waals surface area contributed by atoms with Gasteiger partial charge in [-0.05, 0) is 30.0 Å². The lowest BCUT2D eigenvalue weighted by molar-refractivity contribution is 0.0996. The number of allylic oxidation sites excluding steroid dienone is 4. The zero-order valence-electron chi connectivity index (χ0n) is 12.2. The molecule has 0 saturated heterocycles. The Morgan fingerprint density at radius 3 is 2.67 bits per heavy atom. The summed E-state index contributed by atoms with van der Waals surface area (Å²) in [5.41, 5.74) is 5.83. The van der Waals surface area contributed by atoms with Gasteiger partial charge in [-0.2, -0.15) is 0 Å². The van der Waals surface area contributed by atoms with Crippen LogP contribution in [0.15, 0.2) is 66.8 Å². The summed E-state index contributed by atoms with van der Waals surface area (Å²) in [4.78, 5) is 12.1. The number of rotatable bonds is 4. The van der Waals surface area contributed by atoms with Crippen molar-refractivity contribution in [3.8, 4) is 0 Å². The van der Waals surface area contributed by atoms with Crippen molar-refractivity contribution in [1.82, 2.24) is 0 Å². The molecule has 0 atom stereocenters. The van der Waals surface area contributed by atoms with Gasteiger partial charge in [-0.1, -0.05) is 72.3 Å². The first-order valence-electron chi connectivity index (χ1n) is 7.29. The second-order valence-electron chi connectivity index (χ2n) is 5.42. The summed E-state index contributed by atoms with van der Waals surface area (Å²) in [7, 11) is 0. The molecule has 1 aliphatic rings. The topological polar surface area (TPSA) is 17.1 Å². The predicted molar refractivity (Wildman–Crippen MR) is 87.4 cm³/mol. The first kappa shape index (κ1) is 13.6. The number of aryl methyl sites for hydroxylation is 1. The van der Waals surface area contributed by atoms with E-state index >= 15 is 0 Å². The first-order valence-corrected chi connectivity index (χ1v) is 7.29. The second-order valence-corrected chi connectivity index (χ2v) is 5.42. The summed E-state index contributed by atoms with van der Waals surface area (Å²) in [5.74, 6) is 0.165. The molecule has 2 aromatic carbocycles. The number of Topliss-reactive ketones (excluding diaryl/α,β-unsaturated/α-hetero) is 1. The zero-order chi connectivity index (χ0) is 14.7. The monoisotopic (exact) mass is 274 g/mol. The Labute approximate surface area is 125 Å². The third-order valence-electron chi connectivity index (χ3n) is 3.84. The van der Waals surface area contributed by atoms with E-state index in [1.54, 1.807) is 0 Å². The van der Waals surface area contributed by atoms with Crippen LogP contribution in [0.5, 0.6) is 0 Å². The molecule has 0 radical (unpaired) electrons. The van der Waals surface area contributed by atoms with Crippen molar-refractivity contribution in [3.05, 3.63) is 89.0 Å². The van der Waals surface area contributed by atoms with E-state index in [1.807, 2.05) is 37.3 Å². The zero-order valence-corrected chi connectivity index (χ0v) is 12.2. The van der Waals surface area contributed by atoms with Crippen LogP contribution in [-0.2, 0) is 6.42 Å². The van der Waals surface area contributed by atoms with Crippen LogP contribution in [0.1, 0.15) is 33.5 Å². The second kappa shape index (κ2) is 5.92. The lowest BCUT2D eigenvalue weighted by Gasteiger charge is -2.01. The Bertz CT molecular complexity index is 718. The third kappa shape index (κ3) is 3.03. The Hall–Kier alpha value is -2.41. The van der Waals surface area contributed by atoms with E-state index in [0.717, 1.165) is 12.0 Å². The summed E-state index contributed by atoms with van der Waals surface area (Å²) in [6, 6.07) is 16.2. The molecule has 1 heteroatoms. The molecule has 0 unspecified atom stereocenters. The molecule has 0 aromatic heterocycles. The van der Waals surface area contributed by atoms with Crippen LogP contribution in [0.2, 0.25) is 0 Å². The maximum atomic E-state index is 12.1. The van der Waals surface area contributed by atoms with Gasteiger partial charge in [0.25, 0.3) is 0 Å². The lowest BCUT2D eigenvalue weighted by Crippen LogP contribution is -1.96. The van der Waals surface area contributed by atoms with Crippen LogP contribution in [0.4, 0.5) is 0 Å². The van der Waals surface area contributed by atoms with Gasteiger partial charge in [0, 0.05) is 12.0 Å². The molecule has 0 heterocycles. The fraction of sp³-hybridized carbons (Fsp3) is 0.150. The van der Waals surface area contributed by atoms with Crippen LogP contribution in [0.25, 0.3) is 5.57 Å². The number of fused-ring (bicyclic) bond motifs is 1. The van der Waals surface area contributed by atoms with E-state index in [4.69, 9.17) is 0 Å². The van der Waals surface area contributed by atoms with Crippen molar-refractivity contribution in [3.63, 3.8) is 0 Å². The molecule has 104 valence electrons. The van der Waals surface area contributed by atoms with E-state index in [2.05, 4.69) is 36.4 Å². The van der Waals surface area contributed by atoms with E-state index in [1.165, 1.54) is 22.3 Å². The molecule has 0 aliphatic heterocycles. The van der Waals surface area contributed by atoms with Crippen molar-refractivity contribution in [2.24, 2.45) is 0 Å².